The van der Waals surface area contributed by atoms with Gasteiger partial charge in [-0.25, -0.2) is 9.78 Å². The molecule has 0 atom stereocenters. The molecule has 2 heterocycles. The monoisotopic (exact) mass is 370 g/mol. The molecule has 1 aromatic carbocycles. The molecule has 2 aromatic rings. The van der Waals surface area contributed by atoms with Crippen molar-refractivity contribution in [1.82, 2.24) is 14.5 Å². The number of carboxylic acid groups (broad SMARTS) is 1. The molecule has 1 aliphatic heterocycles. The Kier molecular flexibility index (Phi) is 5.78. The number of benzene rings is 1. The Morgan fingerprint density at radius 3 is 2.70 bits per heavy atom. The summed E-state index contributed by atoms with van der Waals surface area (Å²) in [4.78, 5) is 29.6. The summed E-state index contributed by atoms with van der Waals surface area (Å²) in [7, 11) is 0. The average Bonchev–Trinajstić information content (AvgIpc) is 3.10. The lowest BCUT2D eigenvalue weighted by atomic mass is 9.97. The maximum Gasteiger partial charge on any atom is 0.321 e. The molecule has 2 N–H and O–H groups in total. The number of carboxylic acids is 1. The Balaban J connectivity index is 1.61. The number of hydrogen-bond donors (Lipinski definition) is 2. The summed E-state index contributed by atoms with van der Waals surface area (Å²) in [6.07, 6.45) is 4.78. The second-order valence-electron chi connectivity index (χ2n) is 7.30. The Hall–Kier alpha value is -2.83. The Labute approximate surface area is 159 Å². The lowest BCUT2D eigenvalue weighted by Gasteiger charge is -2.30. The lowest BCUT2D eigenvalue weighted by molar-refractivity contribution is -0.143. The number of carbonyl (C=O) groups is 2. The van der Waals surface area contributed by atoms with Crippen LogP contribution >= 0.6 is 0 Å². The number of urea groups is 1. The van der Waals surface area contributed by atoms with E-state index in [0.717, 1.165) is 17.1 Å². The number of nitrogens with one attached hydrogen (secondary N) is 1. The van der Waals surface area contributed by atoms with Gasteiger partial charge in [-0.15, -0.1) is 0 Å². The minimum Gasteiger partial charge on any atom is -0.481 e. The first-order valence-electron chi connectivity index (χ1n) is 9.32. The highest BCUT2D eigenvalue weighted by Crippen LogP contribution is 2.20. The van der Waals surface area contributed by atoms with Crippen LogP contribution < -0.4 is 5.32 Å². The van der Waals surface area contributed by atoms with Gasteiger partial charge >= 0.3 is 12.0 Å². The van der Waals surface area contributed by atoms with E-state index in [0.29, 0.717) is 38.4 Å². The van der Waals surface area contributed by atoms with Crippen LogP contribution in [0.15, 0.2) is 36.7 Å². The summed E-state index contributed by atoms with van der Waals surface area (Å²) in [5.74, 6) is 0.257. The van der Waals surface area contributed by atoms with Crippen LogP contribution in [0.1, 0.15) is 44.0 Å². The van der Waals surface area contributed by atoms with Gasteiger partial charge in [0.05, 0.1) is 5.92 Å². The van der Waals surface area contributed by atoms with Crippen molar-refractivity contribution in [3.63, 3.8) is 0 Å². The van der Waals surface area contributed by atoms with Gasteiger partial charge in [-0.2, -0.15) is 0 Å². The molecule has 0 saturated carbocycles. The number of anilines is 1. The molecule has 2 amide bonds. The minimum absolute atomic E-state index is 0.179. The summed E-state index contributed by atoms with van der Waals surface area (Å²) >= 11 is 0. The second-order valence-corrected chi connectivity index (χ2v) is 7.30. The molecule has 0 unspecified atom stereocenters. The van der Waals surface area contributed by atoms with Crippen LogP contribution in [0.25, 0.3) is 0 Å². The normalized spacial score (nSPS) is 15.1. The summed E-state index contributed by atoms with van der Waals surface area (Å²) in [6, 6.07) is 7.60. The molecule has 1 aromatic heterocycles. The molecular weight excluding hydrogens is 344 g/mol. The summed E-state index contributed by atoms with van der Waals surface area (Å²) in [6.45, 7) is 5.86. The highest BCUT2D eigenvalue weighted by molar-refractivity contribution is 5.89. The van der Waals surface area contributed by atoms with Crippen molar-refractivity contribution in [1.29, 1.82) is 0 Å². The molecule has 3 rings (SSSR count). The predicted molar refractivity (Wildman–Crippen MR) is 103 cm³/mol. The van der Waals surface area contributed by atoms with Gasteiger partial charge in [0.25, 0.3) is 0 Å². The SMILES string of the molecule is CC(C)c1nccn1Cc1cccc(NC(=O)N2CCC(C(=O)O)CC2)c1. The third-order valence-corrected chi connectivity index (χ3v) is 4.93. The number of nitrogens with zero attached hydrogens (tertiary/aromatic N) is 3. The van der Waals surface area contributed by atoms with Crippen LogP contribution in [0.4, 0.5) is 10.5 Å². The summed E-state index contributed by atoms with van der Waals surface area (Å²) in [5, 5.41) is 12.0. The van der Waals surface area contributed by atoms with Gasteiger partial charge in [0.1, 0.15) is 5.82 Å². The molecule has 1 aliphatic rings. The van der Waals surface area contributed by atoms with Crippen LogP contribution in [0, 0.1) is 5.92 Å². The lowest BCUT2D eigenvalue weighted by Crippen LogP contribution is -2.42. The molecule has 1 fully saturated rings. The van der Waals surface area contributed by atoms with Gasteiger partial charge < -0.3 is 19.9 Å². The van der Waals surface area contributed by atoms with E-state index in [9.17, 15) is 9.59 Å². The number of carbonyl (C=O) groups excluding carboxylic acids is 1. The van der Waals surface area contributed by atoms with Gasteiger partial charge in [0.2, 0.25) is 0 Å². The van der Waals surface area contributed by atoms with E-state index in [-0.39, 0.29) is 11.9 Å². The number of likely N-dealkylation sites (tertiary alicyclic amines) is 1. The molecule has 0 bridgehead atoms. The second kappa shape index (κ2) is 8.24. The number of rotatable bonds is 5. The van der Waals surface area contributed by atoms with Crippen LogP contribution in [-0.4, -0.2) is 44.6 Å². The van der Waals surface area contributed by atoms with E-state index in [4.69, 9.17) is 5.11 Å². The summed E-state index contributed by atoms with van der Waals surface area (Å²) in [5.41, 5.74) is 1.82. The molecular formula is C20H26N4O3. The topological polar surface area (TPSA) is 87.5 Å². The third-order valence-electron chi connectivity index (χ3n) is 4.93. The molecule has 1 saturated heterocycles. The molecule has 0 spiro atoms. The fourth-order valence-electron chi connectivity index (χ4n) is 3.43. The van der Waals surface area contributed by atoms with E-state index in [1.807, 2.05) is 36.7 Å². The number of piperidine rings is 1. The molecule has 0 aliphatic carbocycles. The zero-order valence-corrected chi connectivity index (χ0v) is 15.8. The highest BCUT2D eigenvalue weighted by Gasteiger charge is 2.26. The molecule has 7 heteroatoms. The van der Waals surface area contributed by atoms with Crippen molar-refractivity contribution in [2.75, 3.05) is 18.4 Å². The largest absolute Gasteiger partial charge is 0.481 e. The fourth-order valence-corrected chi connectivity index (χ4v) is 3.43. The number of hydrogen-bond acceptors (Lipinski definition) is 3. The van der Waals surface area contributed by atoms with Crippen molar-refractivity contribution in [3.05, 3.63) is 48.0 Å². The van der Waals surface area contributed by atoms with Crippen molar-refractivity contribution in [3.8, 4) is 0 Å². The Morgan fingerprint density at radius 2 is 2.04 bits per heavy atom. The Bertz CT molecular complexity index is 807. The maximum absolute atomic E-state index is 12.5. The number of aromatic nitrogens is 2. The van der Waals surface area contributed by atoms with Crippen LogP contribution in [-0.2, 0) is 11.3 Å². The fraction of sp³-hybridized carbons (Fsp3) is 0.450. The van der Waals surface area contributed by atoms with Gasteiger partial charge in [-0.1, -0.05) is 26.0 Å². The minimum atomic E-state index is -0.775. The number of aliphatic carboxylic acids is 1. The smallest absolute Gasteiger partial charge is 0.321 e. The zero-order valence-electron chi connectivity index (χ0n) is 15.8. The first-order valence-corrected chi connectivity index (χ1v) is 9.32. The molecule has 7 nitrogen and oxygen atoms in total. The molecule has 27 heavy (non-hydrogen) atoms. The first kappa shape index (κ1) is 18.9. The van der Waals surface area contributed by atoms with Crippen molar-refractivity contribution in [2.45, 2.75) is 39.2 Å². The quantitative estimate of drug-likeness (QED) is 0.845. The van der Waals surface area contributed by atoms with Crippen LogP contribution in [0.3, 0.4) is 0 Å². The van der Waals surface area contributed by atoms with Crippen molar-refractivity contribution < 1.29 is 14.7 Å². The van der Waals surface area contributed by atoms with Crippen molar-refractivity contribution >= 4 is 17.7 Å². The van der Waals surface area contributed by atoms with Gasteiger partial charge in [-0.3, -0.25) is 4.79 Å². The van der Waals surface area contributed by atoms with E-state index in [2.05, 4.69) is 28.7 Å². The standard InChI is InChI=1S/C20H26N4O3/c1-14(2)18-21-8-11-24(18)13-15-4-3-5-17(12-15)22-20(27)23-9-6-16(7-10-23)19(25)26/h3-5,8,11-12,14,16H,6-7,9-10,13H2,1-2H3,(H,22,27)(H,25,26). The third kappa shape index (κ3) is 4.67. The maximum atomic E-state index is 12.5. The average molecular weight is 370 g/mol. The highest BCUT2D eigenvalue weighted by atomic mass is 16.4. The van der Waals surface area contributed by atoms with Crippen molar-refractivity contribution in [2.24, 2.45) is 5.92 Å². The zero-order chi connectivity index (χ0) is 19.4. The van der Waals surface area contributed by atoms with Gasteiger partial charge in [0.15, 0.2) is 0 Å². The van der Waals surface area contributed by atoms with E-state index in [1.54, 1.807) is 4.90 Å². The number of amides is 2. The van der Waals surface area contributed by atoms with E-state index >= 15 is 0 Å². The summed E-state index contributed by atoms with van der Waals surface area (Å²) < 4.78 is 2.11. The van der Waals surface area contributed by atoms with Crippen LogP contribution in [0.5, 0.6) is 0 Å². The number of imidazole rings is 1. The van der Waals surface area contributed by atoms with Gasteiger partial charge in [0, 0.05) is 43.6 Å². The van der Waals surface area contributed by atoms with E-state index in [1.165, 1.54) is 0 Å². The Morgan fingerprint density at radius 1 is 1.30 bits per heavy atom. The predicted octanol–water partition coefficient (Wildman–Crippen LogP) is 3.38. The first-order chi connectivity index (χ1) is 12.9. The van der Waals surface area contributed by atoms with E-state index < -0.39 is 5.97 Å². The molecule has 0 radical (unpaired) electrons. The van der Waals surface area contributed by atoms with Gasteiger partial charge in [-0.05, 0) is 30.5 Å². The molecule has 144 valence electrons. The van der Waals surface area contributed by atoms with Crippen LogP contribution in [0.2, 0.25) is 0 Å².